The number of nitro benzene ring substituents is 1. The number of nitro groups is 1. The highest BCUT2D eigenvalue weighted by Gasteiger charge is 2.23. The van der Waals surface area contributed by atoms with Gasteiger partial charge in [0, 0.05) is 6.92 Å². The van der Waals surface area contributed by atoms with Crippen molar-refractivity contribution in [3.05, 3.63) is 33.5 Å². The number of nitrogens with zero attached hydrogens (tertiary/aromatic N) is 1. The summed E-state index contributed by atoms with van der Waals surface area (Å²) in [6.07, 6.45) is 0.990. The van der Waals surface area contributed by atoms with E-state index in [4.69, 9.17) is 14.6 Å². The van der Waals surface area contributed by atoms with E-state index in [2.05, 4.69) is 5.32 Å². The maximum atomic E-state index is 11.0. The molecule has 21 heavy (non-hydrogen) atoms. The number of hydrogen-bond acceptors (Lipinski definition) is 6. The quantitative estimate of drug-likeness (QED) is 0.479. The number of carboxylic acids is 1. The summed E-state index contributed by atoms with van der Waals surface area (Å²) in [5.41, 5.74) is -0.858. The van der Waals surface area contributed by atoms with E-state index in [0.717, 1.165) is 19.1 Å². The number of carbonyl (C=O) groups excluding carboxylic acids is 1. The summed E-state index contributed by atoms with van der Waals surface area (Å²) in [6.45, 7) is 1.06. The zero-order chi connectivity index (χ0) is 15.6. The van der Waals surface area contributed by atoms with E-state index in [0.29, 0.717) is 0 Å². The van der Waals surface area contributed by atoms with Crippen LogP contribution < -0.4 is 14.8 Å². The van der Waals surface area contributed by atoms with E-state index in [1.54, 1.807) is 0 Å². The molecule has 1 aliphatic heterocycles. The second-order valence-electron chi connectivity index (χ2n) is 4.07. The Bertz CT molecular complexity index is 666. The number of carbonyl (C=O) groups is 2. The molecule has 0 atom stereocenters. The summed E-state index contributed by atoms with van der Waals surface area (Å²) in [5, 5.41) is 22.1. The molecule has 1 aliphatic rings. The normalized spacial score (nSPS) is 12.9. The summed E-state index contributed by atoms with van der Waals surface area (Å²) >= 11 is 0. The largest absolute Gasteiger partial charge is 0.477 e. The van der Waals surface area contributed by atoms with Crippen LogP contribution in [-0.2, 0) is 9.59 Å². The topological polar surface area (TPSA) is 128 Å². The summed E-state index contributed by atoms with van der Waals surface area (Å²) in [4.78, 5) is 32.4. The average molecular weight is 294 g/mol. The second kappa shape index (κ2) is 5.49. The Morgan fingerprint density at radius 1 is 1.38 bits per heavy atom. The number of benzene rings is 1. The van der Waals surface area contributed by atoms with Gasteiger partial charge in [-0.15, -0.1) is 0 Å². The highest BCUT2D eigenvalue weighted by Crippen LogP contribution is 2.38. The number of hydrogen-bond donors (Lipinski definition) is 2. The van der Waals surface area contributed by atoms with Gasteiger partial charge < -0.3 is 19.9 Å². The smallest absolute Gasteiger partial charge is 0.352 e. The lowest BCUT2D eigenvalue weighted by molar-refractivity contribution is -0.385. The Labute approximate surface area is 117 Å². The Morgan fingerprint density at radius 3 is 2.52 bits per heavy atom. The molecule has 0 aliphatic carbocycles. The van der Waals surface area contributed by atoms with Crippen molar-refractivity contribution in [2.75, 3.05) is 6.79 Å². The van der Waals surface area contributed by atoms with Crippen LogP contribution >= 0.6 is 0 Å². The highest BCUT2D eigenvalue weighted by molar-refractivity contribution is 5.97. The molecule has 110 valence electrons. The van der Waals surface area contributed by atoms with Crippen LogP contribution in [0, 0.1) is 10.1 Å². The van der Waals surface area contributed by atoms with Crippen molar-refractivity contribution in [1.29, 1.82) is 0 Å². The Hall–Kier alpha value is -3.10. The zero-order valence-electron chi connectivity index (χ0n) is 10.8. The molecule has 1 amide bonds. The van der Waals surface area contributed by atoms with E-state index >= 15 is 0 Å². The Morgan fingerprint density at radius 2 is 2.00 bits per heavy atom. The van der Waals surface area contributed by atoms with E-state index in [1.165, 1.54) is 6.07 Å². The summed E-state index contributed by atoms with van der Waals surface area (Å²) < 4.78 is 10.1. The number of rotatable bonds is 4. The molecule has 0 radical (unpaired) electrons. The monoisotopic (exact) mass is 294 g/mol. The van der Waals surface area contributed by atoms with E-state index in [-0.39, 0.29) is 29.5 Å². The van der Waals surface area contributed by atoms with Crippen molar-refractivity contribution in [2.24, 2.45) is 0 Å². The second-order valence-corrected chi connectivity index (χ2v) is 4.07. The van der Waals surface area contributed by atoms with Crippen LogP contribution in [-0.4, -0.2) is 28.7 Å². The molecule has 0 saturated carbocycles. The van der Waals surface area contributed by atoms with Crippen LogP contribution in [0.5, 0.6) is 11.5 Å². The van der Waals surface area contributed by atoms with Crippen molar-refractivity contribution < 1.29 is 29.1 Å². The molecule has 2 N–H and O–H groups in total. The van der Waals surface area contributed by atoms with Gasteiger partial charge in [-0.05, 0) is 12.1 Å². The SMILES string of the molecule is CC(=O)N/C(=C/c1cc2c(cc1[N+](=O)[O-])OCO2)C(=O)O. The first-order valence-corrected chi connectivity index (χ1v) is 5.69. The Kier molecular flexibility index (Phi) is 3.74. The van der Waals surface area contributed by atoms with Gasteiger partial charge in [0.25, 0.3) is 5.69 Å². The minimum Gasteiger partial charge on any atom is -0.477 e. The first kappa shape index (κ1) is 14.3. The molecule has 0 unspecified atom stereocenters. The standard InChI is InChI=1S/C12H10N2O7/c1-6(15)13-8(12(16)17)2-7-3-10-11(21-5-20-10)4-9(7)14(18)19/h2-4H,5H2,1H3,(H,13,15)(H,16,17)/b8-2+. The number of ether oxygens (including phenoxy) is 2. The van der Waals surface area contributed by atoms with Crippen molar-refractivity contribution in [2.45, 2.75) is 6.92 Å². The number of carboxylic acid groups (broad SMARTS) is 1. The lowest BCUT2D eigenvalue weighted by Gasteiger charge is -2.05. The summed E-state index contributed by atoms with van der Waals surface area (Å²) in [6, 6.07) is 2.42. The third kappa shape index (κ3) is 3.08. The van der Waals surface area contributed by atoms with Crippen LogP contribution in [0.3, 0.4) is 0 Å². The first-order valence-electron chi connectivity index (χ1n) is 5.69. The van der Waals surface area contributed by atoms with Crippen LogP contribution in [0.25, 0.3) is 6.08 Å². The third-order valence-electron chi connectivity index (χ3n) is 2.56. The average Bonchev–Trinajstić information content (AvgIpc) is 2.83. The molecule has 1 aromatic carbocycles. The van der Waals surface area contributed by atoms with Gasteiger partial charge >= 0.3 is 5.97 Å². The number of aliphatic carboxylic acids is 1. The fraction of sp³-hybridized carbons (Fsp3) is 0.167. The van der Waals surface area contributed by atoms with Crippen molar-refractivity contribution >= 4 is 23.6 Å². The van der Waals surface area contributed by atoms with Gasteiger partial charge in [-0.25, -0.2) is 4.79 Å². The van der Waals surface area contributed by atoms with E-state index in [1.807, 2.05) is 0 Å². The molecule has 0 bridgehead atoms. The van der Waals surface area contributed by atoms with Gasteiger partial charge in [0.1, 0.15) is 5.70 Å². The molecule has 9 heteroatoms. The minimum atomic E-state index is -1.42. The molecule has 0 fully saturated rings. The molecule has 0 aromatic heterocycles. The molecular weight excluding hydrogens is 284 g/mol. The summed E-state index contributed by atoms with van der Waals surface area (Å²) in [7, 11) is 0. The fourth-order valence-corrected chi connectivity index (χ4v) is 1.72. The minimum absolute atomic E-state index is 0.0181. The van der Waals surface area contributed by atoms with E-state index < -0.39 is 22.5 Å². The first-order chi connectivity index (χ1) is 9.88. The molecule has 9 nitrogen and oxygen atoms in total. The summed E-state index contributed by atoms with van der Waals surface area (Å²) in [5.74, 6) is -1.56. The van der Waals surface area contributed by atoms with Crippen molar-refractivity contribution in [3.63, 3.8) is 0 Å². The van der Waals surface area contributed by atoms with Crippen LogP contribution in [0.15, 0.2) is 17.8 Å². The number of nitrogens with one attached hydrogen (secondary N) is 1. The molecule has 0 saturated heterocycles. The van der Waals surface area contributed by atoms with Crippen molar-refractivity contribution in [3.8, 4) is 11.5 Å². The Balaban J connectivity index is 2.53. The van der Waals surface area contributed by atoms with Gasteiger partial charge in [0.2, 0.25) is 12.7 Å². The molecule has 2 rings (SSSR count). The number of amides is 1. The molecule has 1 aromatic rings. The lowest BCUT2D eigenvalue weighted by atomic mass is 10.1. The lowest BCUT2D eigenvalue weighted by Crippen LogP contribution is -2.24. The molecular formula is C12H10N2O7. The zero-order valence-corrected chi connectivity index (χ0v) is 10.8. The van der Waals surface area contributed by atoms with Gasteiger partial charge in [-0.3, -0.25) is 14.9 Å². The molecule has 0 spiro atoms. The van der Waals surface area contributed by atoms with Crippen LogP contribution in [0.2, 0.25) is 0 Å². The van der Waals surface area contributed by atoms with Crippen LogP contribution in [0.4, 0.5) is 5.69 Å². The van der Waals surface area contributed by atoms with Crippen molar-refractivity contribution in [1.82, 2.24) is 5.32 Å². The van der Waals surface area contributed by atoms with Crippen LogP contribution in [0.1, 0.15) is 12.5 Å². The van der Waals surface area contributed by atoms with Gasteiger partial charge in [0.15, 0.2) is 11.5 Å². The van der Waals surface area contributed by atoms with E-state index in [9.17, 15) is 19.7 Å². The van der Waals surface area contributed by atoms with Gasteiger partial charge in [-0.2, -0.15) is 0 Å². The highest BCUT2D eigenvalue weighted by atomic mass is 16.7. The fourth-order valence-electron chi connectivity index (χ4n) is 1.72. The van der Waals surface area contributed by atoms with Gasteiger partial charge in [0.05, 0.1) is 16.6 Å². The molecule has 1 heterocycles. The number of fused-ring (bicyclic) bond motifs is 1. The predicted octanol–water partition coefficient (Wildman–Crippen LogP) is 0.885. The maximum absolute atomic E-state index is 11.0. The predicted molar refractivity (Wildman–Crippen MR) is 68.6 cm³/mol. The third-order valence-corrected chi connectivity index (χ3v) is 2.56. The van der Waals surface area contributed by atoms with Gasteiger partial charge in [-0.1, -0.05) is 0 Å². The maximum Gasteiger partial charge on any atom is 0.352 e.